The highest BCUT2D eigenvalue weighted by molar-refractivity contribution is 5.95. The molecule has 0 bridgehead atoms. The summed E-state index contributed by atoms with van der Waals surface area (Å²) >= 11 is 0. The van der Waals surface area contributed by atoms with Crippen LogP contribution >= 0.6 is 0 Å². The summed E-state index contributed by atoms with van der Waals surface area (Å²) in [5.41, 5.74) is 2.05. The van der Waals surface area contributed by atoms with E-state index in [1.54, 1.807) is 24.3 Å². The molecule has 27 heavy (non-hydrogen) atoms. The summed E-state index contributed by atoms with van der Waals surface area (Å²) in [6.07, 6.45) is 3.64. The van der Waals surface area contributed by atoms with E-state index in [1.807, 2.05) is 17.9 Å². The van der Waals surface area contributed by atoms with E-state index >= 15 is 0 Å². The van der Waals surface area contributed by atoms with Gasteiger partial charge in [0.15, 0.2) is 12.4 Å². The minimum absolute atomic E-state index is 0.0295. The van der Waals surface area contributed by atoms with Crippen LogP contribution in [0.1, 0.15) is 42.1 Å². The molecular formula is C23H27NO3. The molecule has 0 atom stereocenters. The monoisotopic (exact) mass is 365 g/mol. The van der Waals surface area contributed by atoms with Crippen LogP contribution in [0.15, 0.2) is 54.6 Å². The van der Waals surface area contributed by atoms with Crippen molar-refractivity contribution in [2.24, 2.45) is 5.92 Å². The Kier molecular flexibility index (Phi) is 6.64. The fraction of sp³-hybridized carbons (Fsp3) is 0.391. The van der Waals surface area contributed by atoms with Gasteiger partial charge in [0.2, 0.25) is 0 Å². The number of carbonyl (C=O) groups is 2. The number of ether oxygens (including phenoxy) is 1. The second-order valence-corrected chi connectivity index (χ2v) is 7.10. The quantitative estimate of drug-likeness (QED) is 0.693. The van der Waals surface area contributed by atoms with Crippen LogP contribution in [0.2, 0.25) is 0 Å². The van der Waals surface area contributed by atoms with Crippen molar-refractivity contribution in [3.63, 3.8) is 0 Å². The van der Waals surface area contributed by atoms with E-state index in [4.69, 9.17) is 4.74 Å². The van der Waals surface area contributed by atoms with E-state index in [-0.39, 0.29) is 18.3 Å². The van der Waals surface area contributed by atoms with Crippen LogP contribution in [0, 0.1) is 5.92 Å². The number of ketones is 1. The summed E-state index contributed by atoms with van der Waals surface area (Å²) < 4.78 is 5.61. The maximum Gasteiger partial charge on any atom is 0.260 e. The first-order valence-corrected chi connectivity index (χ1v) is 9.73. The number of piperidine rings is 1. The first-order valence-electron chi connectivity index (χ1n) is 9.73. The van der Waals surface area contributed by atoms with E-state index in [9.17, 15) is 9.59 Å². The van der Waals surface area contributed by atoms with Gasteiger partial charge in [0.25, 0.3) is 5.91 Å². The number of benzene rings is 2. The third-order valence-corrected chi connectivity index (χ3v) is 5.19. The van der Waals surface area contributed by atoms with E-state index in [0.29, 0.717) is 23.7 Å². The number of amides is 1. The Morgan fingerprint density at radius 3 is 2.30 bits per heavy atom. The summed E-state index contributed by atoms with van der Waals surface area (Å²) in [6, 6.07) is 17.5. The van der Waals surface area contributed by atoms with Crippen molar-refractivity contribution in [2.75, 3.05) is 19.7 Å². The Hall–Kier alpha value is -2.62. The molecule has 2 aromatic rings. The predicted octanol–water partition coefficient (Wildman–Crippen LogP) is 4.14. The van der Waals surface area contributed by atoms with Gasteiger partial charge in [-0.3, -0.25) is 9.59 Å². The van der Waals surface area contributed by atoms with Gasteiger partial charge in [-0.2, -0.15) is 0 Å². The Morgan fingerprint density at radius 2 is 1.67 bits per heavy atom. The number of Topliss-reactive ketones (excluding diaryl/α,β-unsaturated/α-hetero) is 1. The number of nitrogens with zero attached hydrogens (tertiary/aromatic N) is 1. The Bertz CT molecular complexity index is 747. The zero-order valence-corrected chi connectivity index (χ0v) is 15.9. The molecule has 1 fully saturated rings. The molecule has 2 aromatic carbocycles. The molecule has 0 aliphatic carbocycles. The molecule has 0 N–H and O–H groups in total. The third-order valence-electron chi connectivity index (χ3n) is 5.19. The van der Waals surface area contributed by atoms with Gasteiger partial charge in [0, 0.05) is 25.1 Å². The van der Waals surface area contributed by atoms with Gasteiger partial charge in [0.05, 0.1) is 0 Å². The van der Waals surface area contributed by atoms with Crippen LogP contribution in [0.25, 0.3) is 0 Å². The highest BCUT2D eigenvalue weighted by Gasteiger charge is 2.23. The van der Waals surface area contributed by atoms with Crippen molar-refractivity contribution in [2.45, 2.75) is 32.6 Å². The fourth-order valence-corrected chi connectivity index (χ4v) is 3.51. The molecule has 1 heterocycles. The van der Waals surface area contributed by atoms with Gasteiger partial charge in [-0.15, -0.1) is 0 Å². The van der Waals surface area contributed by atoms with Crippen LogP contribution in [0.4, 0.5) is 0 Å². The number of rotatable bonds is 7. The highest BCUT2D eigenvalue weighted by Crippen LogP contribution is 2.22. The average molecular weight is 365 g/mol. The van der Waals surface area contributed by atoms with Gasteiger partial charge in [-0.25, -0.2) is 0 Å². The number of carbonyl (C=O) groups excluding carboxylic acids is 2. The van der Waals surface area contributed by atoms with Crippen molar-refractivity contribution in [1.82, 2.24) is 4.90 Å². The zero-order chi connectivity index (χ0) is 19.1. The molecule has 4 heteroatoms. The Labute approximate surface area is 161 Å². The minimum Gasteiger partial charge on any atom is -0.484 e. The molecule has 1 saturated heterocycles. The Morgan fingerprint density at radius 1 is 1.00 bits per heavy atom. The number of hydrogen-bond acceptors (Lipinski definition) is 3. The maximum absolute atomic E-state index is 12.4. The molecule has 1 amide bonds. The van der Waals surface area contributed by atoms with Crippen molar-refractivity contribution < 1.29 is 14.3 Å². The molecule has 0 saturated carbocycles. The van der Waals surface area contributed by atoms with Gasteiger partial charge >= 0.3 is 0 Å². The van der Waals surface area contributed by atoms with Crippen LogP contribution in [-0.4, -0.2) is 36.3 Å². The first-order chi connectivity index (χ1) is 13.2. The largest absolute Gasteiger partial charge is 0.484 e. The third kappa shape index (κ3) is 5.43. The summed E-state index contributed by atoms with van der Waals surface area (Å²) in [4.78, 5) is 25.9. The SMILES string of the molecule is CCC(=O)c1ccc(OCC(=O)N2CCC(Cc3ccccc3)CC2)cc1. The second kappa shape index (κ2) is 9.36. The molecule has 4 nitrogen and oxygen atoms in total. The first kappa shape index (κ1) is 19.2. The maximum atomic E-state index is 12.4. The molecule has 3 rings (SSSR count). The summed E-state index contributed by atoms with van der Waals surface area (Å²) in [6.45, 7) is 3.48. The van der Waals surface area contributed by atoms with Crippen LogP contribution < -0.4 is 4.74 Å². The van der Waals surface area contributed by atoms with E-state index in [0.717, 1.165) is 32.4 Å². The van der Waals surface area contributed by atoms with E-state index in [2.05, 4.69) is 24.3 Å². The van der Waals surface area contributed by atoms with Crippen molar-refractivity contribution in [3.05, 3.63) is 65.7 Å². The smallest absolute Gasteiger partial charge is 0.260 e. The molecule has 1 aliphatic heterocycles. The van der Waals surface area contributed by atoms with Crippen LogP contribution in [0.5, 0.6) is 5.75 Å². The topological polar surface area (TPSA) is 46.6 Å². The molecule has 0 aromatic heterocycles. The van der Waals surface area contributed by atoms with Gasteiger partial charge in [0.1, 0.15) is 5.75 Å². The lowest BCUT2D eigenvalue weighted by Gasteiger charge is -2.32. The lowest BCUT2D eigenvalue weighted by Crippen LogP contribution is -2.41. The lowest BCUT2D eigenvalue weighted by atomic mass is 9.90. The minimum atomic E-state index is 0.0295. The van der Waals surface area contributed by atoms with Crippen molar-refractivity contribution >= 4 is 11.7 Å². The molecule has 0 unspecified atom stereocenters. The van der Waals surface area contributed by atoms with Crippen LogP contribution in [-0.2, 0) is 11.2 Å². The summed E-state index contributed by atoms with van der Waals surface area (Å²) in [5.74, 6) is 1.40. The summed E-state index contributed by atoms with van der Waals surface area (Å²) in [5, 5.41) is 0. The molecule has 0 spiro atoms. The van der Waals surface area contributed by atoms with Crippen molar-refractivity contribution in [3.8, 4) is 5.75 Å². The van der Waals surface area contributed by atoms with Gasteiger partial charge < -0.3 is 9.64 Å². The number of likely N-dealkylation sites (tertiary alicyclic amines) is 1. The number of hydrogen-bond donors (Lipinski definition) is 0. The molecule has 0 radical (unpaired) electrons. The second-order valence-electron chi connectivity index (χ2n) is 7.10. The normalized spacial score (nSPS) is 14.8. The molecule has 142 valence electrons. The zero-order valence-electron chi connectivity index (χ0n) is 15.9. The van der Waals surface area contributed by atoms with E-state index in [1.165, 1.54) is 5.56 Å². The average Bonchev–Trinajstić information content (AvgIpc) is 2.73. The highest BCUT2D eigenvalue weighted by atomic mass is 16.5. The Balaban J connectivity index is 1.42. The van der Waals surface area contributed by atoms with Gasteiger partial charge in [-0.1, -0.05) is 37.3 Å². The molecule has 1 aliphatic rings. The van der Waals surface area contributed by atoms with Crippen LogP contribution in [0.3, 0.4) is 0 Å². The standard InChI is InChI=1S/C23H27NO3/c1-2-22(25)20-8-10-21(11-9-20)27-17-23(26)24-14-12-19(13-15-24)16-18-6-4-3-5-7-18/h3-11,19H,2,12-17H2,1H3. The van der Waals surface area contributed by atoms with E-state index < -0.39 is 0 Å². The van der Waals surface area contributed by atoms with Crippen molar-refractivity contribution in [1.29, 1.82) is 0 Å². The molecular weight excluding hydrogens is 338 g/mol. The lowest BCUT2D eigenvalue weighted by molar-refractivity contribution is -0.134. The fourth-order valence-electron chi connectivity index (χ4n) is 3.51. The summed E-state index contributed by atoms with van der Waals surface area (Å²) in [7, 11) is 0. The predicted molar refractivity (Wildman–Crippen MR) is 106 cm³/mol. The van der Waals surface area contributed by atoms with Gasteiger partial charge in [-0.05, 0) is 55.0 Å².